The highest BCUT2D eigenvalue weighted by Crippen LogP contribution is 2.48. The molecule has 0 fully saturated rings. The van der Waals surface area contributed by atoms with Crippen molar-refractivity contribution in [1.29, 1.82) is 0 Å². The number of carbonyl (C=O) groups is 1. The number of fused-ring (bicyclic) bond motifs is 1. The molecule has 0 saturated carbocycles. The molecule has 1 heterocycles. The van der Waals surface area contributed by atoms with E-state index in [1.165, 1.54) is 6.92 Å². The Kier molecular flexibility index (Phi) is 4.90. The minimum Gasteiger partial charge on any atom is -0.488 e. The van der Waals surface area contributed by atoms with Crippen LogP contribution in [0.25, 0.3) is 20.5 Å². The van der Waals surface area contributed by atoms with Gasteiger partial charge in [-0.15, -0.1) is 11.3 Å². The third kappa shape index (κ3) is 3.71. The molecular weight excluding hydrogens is 356 g/mol. The first-order chi connectivity index (χ1) is 13.2. The summed E-state index contributed by atoms with van der Waals surface area (Å²) < 4.78 is 12.8. The molecule has 4 rings (SSSR count). The van der Waals surface area contributed by atoms with Crippen molar-refractivity contribution in [3.05, 3.63) is 84.4 Å². The van der Waals surface area contributed by atoms with Crippen molar-refractivity contribution < 1.29 is 14.3 Å². The molecule has 0 aliphatic heterocycles. The zero-order valence-electron chi connectivity index (χ0n) is 14.8. The van der Waals surface area contributed by atoms with Gasteiger partial charge in [0.15, 0.2) is 5.75 Å². The summed E-state index contributed by atoms with van der Waals surface area (Å²) in [5.74, 6) is 0.938. The molecule has 27 heavy (non-hydrogen) atoms. The maximum absolute atomic E-state index is 11.8. The van der Waals surface area contributed by atoms with Crippen molar-refractivity contribution in [2.45, 2.75) is 13.5 Å². The van der Waals surface area contributed by atoms with Gasteiger partial charge in [-0.05, 0) is 23.3 Å². The summed E-state index contributed by atoms with van der Waals surface area (Å²) in [5, 5.41) is 0.840. The number of ether oxygens (including phenoxy) is 2. The van der Waals surface area contributed by atoms with E-state index in [9.17, 15) is 4.79 Å². The van der Waals surface area contributed by atoms with Crippen molar-refractivity contribution in [3.8, 4) is 21.9 Å². The number of carbonyl (C=O) groups excluding carboxylic acids is 1. The van der Waals surface area contributed by atoms with E-state index in [0.29, 0.717) is 18.1 Å². The van der Waals surface area contributed by atoms with Gasteiger partial charge in [0.1, 0.15) is 12.4 Å². The van der Waals surface area contributed by atoms with Gasteiger partial charge in [0.25, 0.3) is 0 Å². The van der Waals surface area contributed by atoms with Gasteiger partial charge in [-0.3, -0.25) is 4.79 Å². The predicted molar refractivity (Wildman–Crippen MR) is 109 cm³/mol. The Hall–Kier alpha value is -3.11. The van der Waals surface area contributed by atoms with Gasteiger partial charge in [0, 0.05) is 11.6 Å². The van der Waals surface area contributed by atoms with Crippen LogP contribution in [0.15, 0.2) is 78.9 Å². The summed E-state index contributed by atoms with van der Waals surface area (Å²) in [6.45, 7) is 1.88. The van der Waals surface area contributed by atoms with Gasteiger partial charge >= 0.3 is 5.97 Å². The Morgan fingerprint density at radius 3 is 2.30 bits per heavy atom. The van der Waals surface area contributed by atoms with Crippen molar-refractivity contribution in [2.24, 2.45) is 0 Å². The standard InChI is InChI=1S/C23H18O3S/c1-16(24)26-22-21-19(25-15-17-9-4-2-5-10-17)13-8-14-20(21)27-23(22)18-11-6-3-7-12-18/h2-14H,15H2,1H3. The summed E-state index contributed by atoms with van der Waals surface area (Å²) in [4.78, 5) is 12.7. The lowest BCUT2D eigenvalue weighted by molar-refractivity contribution is -0.131. The molecule has 0 unspecified atom stereocenters. The predicted octanol–water partition coefficient (Wildman–Crippen LogP) is 6.07. The summed E-state index contributed by atoms with van der Waals surface area (Å²) in [6.07, 6.45) is 0. The second kappa shape index (κ2) is 7.64. The van der Waals surface area contributed by atoms with Crippen LogP contribution >= 0.6 is 11.3 Å². The monoisotopic (exact) mass is 374 g/mol. The van der Waals surface area contributed by atoms with Gasteiger partial charge in [0.2, 0.25) is 0 Å². The van der Waals surface area contributed by atoms with Gasteiger partial charge in [-0.2, -0.15) is 0 Å². The van der Waals surface area contributed by atoms with E-state index in [1.807, 2.05) is 78.9 Å². The molecule has 4 aromatic rings. The first kappa shape index (κ1) is 17.3. The van der Waals surface area contributed by atoms with E-state index >= 15 is 0 Å². The SMILES string of the molecule is CC(=O)Oc1c(-c2ccccc2)sc2cccc(OCc3ccccc3)c12. The lowest BCUT2D eigenvalue weighted by Crippen LogP contribution is -2.02. The van der Waals surface area contributed by atoms with Gasteiger partial charge in [-0.1, -0.05) is 66.7 Å². The quantitative estimate of drug-likeness (QED) is 0.398. The molecular formula is C23H18O3S. The number of thiophene rings is 1. The van der Waals surface area contributed by atoms with E-state index in [0.717, 1.165) is 26.1 Å². The first-order valence-corrected chi connectivity index (χ1v) is 9.50. The Labute approximate surface area is 161 Å². The molecule has 134 valence electrons. The largest absolute Gasteiger partial charge is 0.488 e. The minimum atomic E-state index is -0.343. The zero-order valence-corrected chi connectivity index (χ0v) is 15.7. The van der Waals surface area contributed by atoms with Crippen molar-refractivity contribution in [2.75, 3.05) is 0 Å². The topological polar surface area (TPSA) is 35.5 Å². The number of rotatable bonds is 5. The van der Waals surface area contributed by atoms with Crippen LogP contribution < -0.4 is 9.47 Å². The van der Waals surface area contributed by atoms with E-state index in [1.54, 1.807) is 11.3 Å². The fourth-order valence-corrected chi connectivity index (χ4v) is 4.12. The molecule has 0 amide bonds. The molecule has 1 aromatic heterocycles. The summed E-state index contributed by atoms with van der Waals surface area (Å²) in [5.41, 5.74) is 2.10. The lowest BCUT2D eigenvalue weighted by Gasteiger charge is -2.10. The van der Waals surface area contributed by atoms with Crippen molar-refractivity contribution >= 4 is 27.4 Å². The maximum Gasteiger partial charge on any atom is 0.308 e. The van der Waals surface area contributed by atoms with Crippen LogP contribution in [-0.2, 0) is 11.4 Å². The number of hydrogen-bond donors (Lipinski definition) is 0. The van der Waals surface area contributed by atoms with Gasteiger partial charge < -0.3 is 9.47 Å². The molecule has 3 nitrogen and oxygen atoms in total. The van der Waals surface area contributed by atoms with Crippen molar-refractivity contribution in [3.63, 3.8) is 0 Å². The van der Waals surface area contributed by atoms with E-state index in [-0.39, 0.29) is 5.97 Å². The van der Waals surface area contributed by atoms with Crippen LogP contribution in [0.1, 0.15) is 12.5 Å². The Morgan fingerprint density at radius 2 is 1.59 bits per heavy atom. The number of esters is 1. The number of benzene rings is 3. The molecule has 0 saturated heterocycles. The molecule has 4 heteroatoms. The maximum atomic E-state index is 11.8. The van der Waals surface area contributed by atoms with Crippen LogP contribution in [0.3, 0.4) is 0 Å². The normalized spacial score (nSPS) is 10.7. The second-order valence-electron chi connectivity index (χ2n) is 6.12. The van der Waals surface area contributed by atoms with Crippen LogP contribution in [0.4, 0.5) is 0 Å². The van der Waals surface area contributed by atoms with Gasteiger partial charge in [0.05, 0.1) is 10.3 Å². The Morgan fingerprint density at radius 1 is 0.889 bits per heavy atom. The summed E-state index contributed by atoms with van der Waals surface area (Å²) in [6, 6.07) is 25.9. The van der Waals surface area contributed by atoms with E-state index < -0.39 is 0 Å². The van der Waals surface area contributed by atoms with Crippen molar-refractivity contribution in [1.82, 2.24) is 0 Å². The molecule has 0 atom stereocenters. The van der Waals surface area contributed by atoms with Crippen LogP contribution in [0.5, 0.6) is 11.5 Å². The highest BCUT2D eigenvalue weighted by Gasteiger charge is 2.20. The molecule has 0 bridgehead atoms. The fraction of sp³-hybridized carbons (Fsp3) is 0.0870. The minimum absolute atomic E-state index is 0.343. The average Bonchev–Trinajstić information content (AvgIpc) is 3.06. The third-order valence-corrected chi connectivity index (χ3v) is 5.34. The molecule has 0 radical (unpaired) electrons. The molecule has 3 aromatic carbocycles. The highest BCUT2D eigenvalue weighted by atomic mass is 32.1. The average molecular weight is 374 g/mol. The third-order valence-electron chi connectivity index (χ3n) is 4.15. The van der Waals surface area contributed by atoms with E-state index in [4.69, 9.17) is 9.47 Å². The first-order valence-electron chi connectivity index (χ1n) is 8.68. The number of hydrogen-bond acceptors (Lipinski definition) is 4. The second-order valence-corrected chi connectivity index (χ2v) is 7.18. The lowest BCUT2D eigenvalue weighted by atomic mass is 10.1. The van der Waals surface area contributed by atoms with E-state index in [2.05, 4.69) is 0 Å². The fourth-order valence-electron chi connectivity index (χ4n) is 2.97. The molecule has 0 N–H and O–H groups in total. The zero-order chi connectivity index (χ0) is 18.6. The molecule has 0 spiro atoms. The Bertz CT molecular complexity index is 1070. The summed E-state index contributed by atoms with van der Waals surface area (Å²) in [7, 11) is 0. The highest BCUT2D eigenvalue weighted by molar-refractivity contribution is 7.22. The molecule has 0 aliphatic carbocycles. The molecule has 0 aliphatic rings. The smallest absolute Gasteiger partial charge is 0.308 e. The Balaban J connectivity index is 1.80. The van der Waals surface area contributed by atoms with Crippen LogP contribution in [0.2, 0.25) is 0 Å². The van der Waals surface area contributed by atoms with Crippen LogP contribution in [0, 0.1) is 0 Å². The van der Waals surface area contributed by atoms with Crippen LogP contribution in [-0.4, -0.2) is 5.97 Å². The summed E-state index contributed by atoms with van der Waals surface area (Å²) >= 11 is 1.60. The van der Waals surface area contributed by atoms with Gasteiger partial charge in [-0.25, -0.2) is 0 Å².